The zero-order valence-electron chi connectivity index (χ0n) is 10.0. The van der Waals surface area contributed by atoms with E-state index in [1.165, 1.54) is 6.20 Å². The first-order valence-corrected chi connectivity index (χ1v) is 5.47. The molecule has 1 N–H and O–H groups in total. The lowest BCUT2D eigenvalue weighted by atomic mass is 10.0. The Bertz CT molecular complexity index is 645. The number of aryl methyl sites for hydroxylation is 1. The van der Waals surface area contributed by atoms with Crippen LogP contribution in [0.2, 0.25) is 0 Å². The smallest absolute Gasteiger partial charge is 0.307 e. The molecule has 0 fully saturated rings. The lowest BCUT2D eigenvalue weighted by Gasteiger charge is -2.08. The van der Waals surface area contributed by atoms with Crippen LogP contribution in [-0.4, -0.2) is 21.0 Å². The van der Waals surface area contributed by atoms with Crippen molar-refractivity contribution in [2.75, 3.05) is 0 Å². The summed E-state index contributed by atoms with van der Waals surface area (Å²) >= 11 is 0. The van der Waals surface area contributed by atoms with Gasteiger partial charge < -0.3 is 5.11 Å². The minimum absolute atomic E-state index is 0.0678. The van der Waals surface area contributed by atoms with Crippen molar-refractivity contribution in [3.05, 3.63) is 47.4 Å². The van der Waals surface area contributed by atoms with Gasteiger partial charge in [-0.25, -0.2) is 18.7 Å². The number of carbonyl (C=O) groups is 1. The second kappa shape index (κ2) is 5.09. The number of benzene rings is 1. The lowest BCUT2D eigenvalue weighted by molar-refractivity contribution is -0.136. The second-order valence-electron chi connectivity index (χ2n) is 3.99. The van der Waals surface area contributed by atoms with Crippen molar-refractivity contribution >= 4 is 5.97 Å². The number of aromatic nitrogens is 2. The number of nitrogens with zero attached hydrogens (tertiary/aromatic N) is 2. The van der Waals surface area contributed by atoms with Gasteiger partial charge in [-0.3, -0.25) is 4.79 Å². The van der Waals surface area contributed by atoms with Crippen LogP contribution in [0.25, 0.3) is 11.3 Å². The Morgan fingerprint density at radius 3 is 2.79 bits per heavy atom. The van der Waals surface area contributed by atoms with E-state index in [0.717, 1.165) is 18.2 Å². The van der Waals surface area contributed by atoms with Gasteiger partial charge in [0.1, 0.15) is 17.5 Å². The number of carboxylic acid groups (broad SMARTS) is 1. The fraction of sp³-hybridized carbons (Fsp3) is 0.154. The number of hydrogen-bond donors (Lipinski definition) is 1. The molecule has 0 bridgehead atoms. The largest absolute Gasteiger partial charge is 0.481 e. The van der Waals surface area contributed by atoms with E-state index in [1.54, 1.807) is 6.92 Å². The molecule has 98 valence electrons. The van der Waals surface area contributed by atoms with E-state index in [9.17, 15) is 13.6 Å². The Balaban J connectivity index is 2.62. The monoisotopic (exact) mass is 264 g/mol. The third-order valence-electron chi connectivity index (χ3n) is 2.51. The molecule has 0 saturated carbocycles. The van der Waals surface area contributed by atoms with Gasteiger partial charge in [0.15, 0.2) is 0 Å². The van der Waals surface area contributed by atoms with E-state index in [0.29, 0.717) is 5.82 Å². The fourth-order valence-electron chi connectivity index (χ4n) is 1.70. The highest BCUT2D eigenvalue weighted by atomic mass is 19.1. The maximum Gasteiger partial charge on any atom is 0.307 e. The van der Waals surface area contributed by atoms with Crippen LogP contribution >= 0.6 is 0 Å². The van der Waals surface area contributed by atoms with Gasteiger partial charge in [-0.05, 0) is 25.1 Å². The Kier molecular flexibility index (Phi) is 3.50. The molecule has 0 saturated heterocycles. The van der Waals surface area contributed by atoms with E-state index in [-0.39, 0.29) is 23.2 Å². The summed E-state index contributed by atoms with van der Waals surface area (Å²) in [6.45, 7) is 1.59. The van der Waals surface area contributed by atoms with Crippen LogP contribution < -0.4 is 0 Å². The minimum Gasteiger partial charge on any atom is -0.481 e. The normalized spacial score (nSPS) is 10.5. The van der Waals surface area contributed by atoms with E-state index < -0.39 is 17.6 Å². The summed E-state index contributed by atoms with van der Waals surface area (Å²) < 4.78 is 26.9. The van der Waals surface area contributed by atoms with Crippen LogP contribution in [0.15, 0.2) is 24.4 Å². The molecule has 0 aliphatic carbocycles. The third-order valence-corrected chi connectivity index (χ3v) is 2.51. The van der Waals surface area contributed by atoms with Crippen molar-refractivity contribution < 1.29 is 18.7 Å². The minimum atomic E-state index is -1.09. The molecule has 1 heterocycles. The maximum absolute atomic E-state index is 13.7. The van der Waals surface area contributed by atoms with Crippen LogP contribution in [0.3, 0.4) is 0 Å². The Morgan fingerprint density at radius 1 is 1.37 bits per heavy atom. The summed E-state index contributed by atoms with van der Waals surface area (Å²) in [6.07, 6.45) is 0.960. The average Bonchev–Trinajstić information content (AvgIpc) is 2.34. The molecule has 1 aromatic heterocycles. The summed E-state index contributed by atoms with van der Waals surface area (Å²) in [5.41, 5.74) is 0.274. The molecule has 2 rings (SSSR count). The first-order valence-electron chi connectivity index (χ1n) is 5.47. The molecule has 0 atom stereocenters. The number of rotatable bonds is 3. The summed E-state index contributed by atoms with van der Waals surface area (Å²) in [5, 5.41) is 8.81. The van der Waals surface area contributed by atoms with Gasteiger partial charge in [0.2, 0.25) is 0 Å². The second-order valence-corrected chi connectivity index (χ2v) is 3.99. The molecule has 2 aromatic rings. The maximum atomic E-state index is 13.7. The van der Waals surface area contributed by atoms with Crippen molar-refractivity contribution in [3.63, 3.8) is 0 Å². The Hall–Kier alpha value is -2.37. The highest BCUT2D eigenvalue weighted by Gasteiger charge is 2.15. The summed E-state index contributed by atoms with van der Waals surface area (Å²) in [6, 6.07) is 2.96. The average molecular weight is 264 g/mol. The van der Waals surface area contributed by atoms with E-state index in [4.69, 9.17) is 5.11 Å². The van der Waals surface area contributed by atoms with Crippen molar-refractivity contribution in [2.24, 2.45) is 0 Å². The zero-order valence-corrected chi connectivity index (χ0v) is 10.0. The van der Waals surface area contributed by atoms with Gasteiger partial charge in [-0.15, -0.1) is 0 Å². The molecular formula is C13H10F2N2O2. The molecule has 0 aliphatic rings. The molecule has 0 amide bonds. The summed E-state index contributed by atoms with van der Waals surface area (Å²) in [7, 11) is 0. The SMILES string of the molecule is Cc1ncc(CC(=O)O)c(-c2cc(F)ccc2F)n1. The van der Waals surface area contributed by atoms with Crippen LogP contribution in [0.5, 0.6) is 0 Å². The van der Waals surface area contributed by atoms with Crippen molar-refractivity contribution in [3.8, 4) is 11.3 Å². The first kappa shape index (κ1) is 13.1. The van der Waals surface area contributed by atoms with Gasteiger partial charge >= 0.3 is 5.97 Å². The molecule has 0 spiro atoms. The van der Waals surface area contributed by atoms with Crippen molar-refractivity contribution in [1.82, 2.24) is 9.97 Å². The van der Waals surface area contributed by atoms with Gasteiger partial charge in [-0.1, -0.05) is 0 Å². The molecule has 4 nitrogen and oxygen atoms in total. The van der Waals surface area contributed by atoms with Crippen LogP contribution in [0.1, 0.15) is 11.4 Å². The fourth-order valence-corrected chi connectivity index (χ4v) is 1.70. The van der Waals surface area contributed by atoms with Crippen LogP contribution in [0.4, 0.5) is 8.78 Å². The first-order chi connectivity index (χ1) is 8.97. The van der Waals surface area contributed by atoms with Crippen LogP contribution in [-0.2, 0) is 11.2 Å². The number of hydrogen-bond acceptors (Lipinski definition) is 3. The molecule has 19 heavy (non-hydrogen) atoms. The lowest BCUT2D eigenvalue weighted by Crippen LogP contribution is -2.06. The molecule has 0 unspecified atom stereocenters. The van der Waals surface area contributed by atoms with E-state index in [2.05, 4.69) is 9.97 Å². The van der Waals surface area contributed by atoms with Crippen LogP contribution in [0, 0.1) is 18.6 Å². The van der Waals surface area contributed by atoms with E-state index >= 15 is 0 Å². The zero-order chi connectivity index (χ0) is 14.0. The molecule has 0 radical (unpaired) electrons. The Morgan fingerprint density at radius 2 is 2.11 bits per heavy atom. The number of carboxylic acids is 1. The highest BCUT2D eigenvalue weighted by Crippen LogP contribution is 2.25. The van der Waals surface area contributed by atoms with Gasteiger partial charge in [-0.2, -0.15) is 0 Å². The predicted octanol–water partition coefficient (Wildman–Crippen LogP) is 2.36. The molecule has 6 heteroatoms. The topological polar surface area (TPSA) is 63.1 Å². The molecule has 0 aliphatic heterocycles. The summed E-state index contributed by atoms with van der Waals surface area (Å²) in [4.78, 5) is 18.7. The van der Waals surface area contributed by atoms with E-state index in [1.807, 2.05) is 0 Å². The Labute approximate surface area is 107 Å². The van der Waals surface area contributed by atoms with Crippen molar-refractivity contribution in [1.29, 1.82) is 0 Å². The van der Waals surface area contributed by atoms with Gasteiger partial charge in [0, 0.05) is 17.3 Å². The van der Waals surface area contributed by atoms with Gasteiger partial charge in [0.05, 0.1) is 12.1 Å². The van der Waals surface area contributed by atoms with Crippen molar-refractivity contribution in [2.45, 2.75) is 13.3 Å². The number of aliphatic carboxylic acids is 1. The predicted molar refractivity (Wildman–Crippen MR) is 63.5 cm³/mol. The third kappa shape index (κ3) is 2.90. The number of halogens is 2. The summed E-state index contributed by atoms with van der Waals surface area (Å²) in [5.74, 6) is -2.02. The van der Waals surface area contributed by atoms with Gasteiger partial charge in [0.25, 0.3) is 0 Å². The standard InChI is InChI=1S/C13H10F2N2O2/c1-7-16-6-8(4-12(18)19)13(17-7)10-5-9(14)2-3-11(10)15/h2-3,5-6H,4H2,1H3,(H,18,19). The highest BCUT2D eigenvalue weighted by molar-refractivity contribution is 5.74. The quantitative estimate of drug-likeness (QED) is 0.924. The molecular weight excluding hydrogens is 254 g/mol. The molecule has 1 aromatic carbocycles.